The van der Waals surface area contributed by atoms with Gasteiger partial charge in [-0.3, -0.25) is 4.79 Å². The average molecular weight is 366 g/mol. The van der Waals surface area contributed by atoms with Crippen molar-refractivity contribution in [3.8, 4) is 0 Å². The maximum atomic E-state index is 12.7. The predicted octanol–water partition coefficient (Wildman–Crippen LogP) is 2.78. The predicted molar refractivity (Wildman–Crippen MR) is 92.3 cm³/mol. The summed E-state index contributed by atoms with van der Waals surface area (Å²) in [6.07, 6.45) is 1.51. The topological polar surface area (TPSA) is 79.6 Å². The van der Waals surface area contributed by atoms with Crippen LogP contribution < -0.4 is 5.32 Å². The highest BCUT2D eigenvalue weighted by Crippen LogP contribution is 2.34. The van der Waals surface area contributed by atoms with E-state index in [1.807, 2.05) is 6.92 Å². The van der Waals surface area contributed by atoms with Crippen LogP contribution in [0.3, 0.4) is 0 Å². The van der Waals surface area contributed by atoms with Gasteiger partial charge in [0.1, 0.15) is 5.76 Å². The van der Waals surface area contributed by atoms with Crippen LogP contribution in [0, 0.1) is 5.92 Å². The molecule has 1 aliphatic heterocycles. The molecule has 0 aliphatic carbocycles. The van der Waals surface area contributed by atoms with E-state index in [0.717, 1.165) is 4.90 Å². The lowest BCUT2D eigenvalue weighted by Gasteiger charge is -2.17. The number of nitrogens with zero attached hydrogens (tertiary/aromatic N) is 1. The van der Waals surface area contributed by atoms with Crippen molar-refractivity contribution in [3.05, 3.63) is 42.4 Å². The third kappa shape index (κ3) is 3.35. The van der Waals surface area contributed by atoms with Gasteiger partial charge in [0.15, 0.2) is 0 Å². The fourth-order valence-electron chi connectivity index (χ4n) is 2.33. The first kappa shape index (κ1) is 17.1. The summed E-state index contributed by atoms with van der Waals surface area (Å²) in [5.41, 5.74) is 0.543. The summed E-state index contributed by atoms with van der Waals surface area (Å²) in [6, 6.07) is 8.27. The first-order valence-electron chi connectivity index (χ1n) is 7.44. The Morgan fingerprint density at radius 2 is 2.17 bits per heavy atom. The van der Waals surface area contributed by atoms with Crippen molar-refractivity contribution in [1.82, 2.24) is 4.31 Å². The van der Waals surface area contributed by atoms with Crippen LogP contribution in [0.1, 0.15) is 12.7 Å². The number of sulfonamides is 1. The monoisotopic (exact) mass is 366 g/mol. The van der Waals surface area contributed by atoms with Crippen LogP contribution in [0.25, 0.3) is 0 Å². The molecule has 0 saturated carbocycles. The van der Waals surface area contributed by atoms with E-state index in [2.05, 4.69) is 5.32 Å². The number of nitrogens with one attached hydrogen (secondary N) is 1. The van der Waals surface area contributed by atoms with Gasteiger partial charge in [0.2, 0.25) is 15.9 Å². The summed E-state index contributed by atoms with van der Waals surface area (Å²) in [5.74, 6) is 1.01. The number of hydrogen-bond acceptors (Lipinski definition) is 5. The molecule has 8 heteroatoms. The van der Waals surface area contributed by atoms with Crippen LogP contribution in [0.4, 0.5) is 5.69 Å². The molecule has 2 aromatic rings. The molecule has 128 valence electrons. The highest BCUT2D eigenvalue weighted by Gasteiger charge is 2.25. The second-order valence-corrected chi connectivity index (χ2v) is 8.81. The van der Waals surface area contributed by atoms with Crippen molar-refractivity contribution in [2.24, 2.45) is 5.92 Å². The summed E-state index contributed by atoms with van der Waals surface area (Å²) in [6.45, 7) is 1.99. The number of amides is 1. The minimum Gasteiger partial charge on any atom is -0.468 e. The first-order valence-corrected chi connectivity index (χ1v) is 9.87. The molecule has 1 N–H and O–H groups in total. The molecule has 3 rings (SSSR count). The molecule has 0 fully saturated rings. The van der Waals surface area contributed by atoms with Gasteiger partial charge in [0.05, 0.1) is 23.4 Å². The Kier molecular flexibility index (Phi) is 4.71. The molecule has 24 heavy (non-hydrogen) atoms. The fraction of sp³-hybridized carbons (Fsp3) is 0.312. The second-order valence-electron chi connectivity index (χ2n) is 5.70. The quantitative estimate of drug-likeness (QED) is 0.900. The molecule has 1 amide bonds. The molecule has 0 radical (unpaired) electrons. The Labute approximate surface area is 145 Å². The van der Waals surface area contributed by atoms with Crippen molar-refractivity contribution < 1.29 is 17.6 Å². The number of fused-ring (bicyclic) bond motifs is 1. The largest absolute Gasteiger partial charge is 0.468 e. The van der Waals surface area contributed by atoms with Crippen molar-refractivity contribution >= 4 is 33.4 Å². The van der Waals surface area contributed by atoms with Crippen LogP contribution in [-0.2, 0) is 21.4 Å². The Bertz CT molecular complexity index is 847. The van der Waals surface area contributed by atoms with Crippen LogP contribution >= 0.6 is 11.8 Å². The Morgan fingerprint density at radius 3 is 2.88 bits per heavy atom. The molecular weight excluding hydrogens is 348 g/mol. The average Bonchev–Trinajstić information content (AvgIpc) is 3.01. The van der Waals surface area contributed by atoms with Crippen LogP contribution in [0.5, 0.6) is 0 Å². The summed E-state index contributed by atoms with van der Waals surface area (Å²) < 4.78 is 31.9. The zero-order chi connectivity index (χ0) is 17.3. The molecule has 0 bridgehead atoms. The van der Waals surface area contributed by atoms with E-state index >= 15 is 0 Å². The Morgan fingerprint density at radius 1 is 1.38 bits per heavy atom. The van der Waals surface area contributed by atoms with Gasteiger partial charge in [0, 0.05) is 23.6 Å². The van der Waals surface area contributed by atoms with E-state index in [1.54, 1.807) is 36.0 Å². The second kappa shape index (κ2) is 6.62. The van der Waals surface area contributed by atoms with E-state index in [4.69, 9.17) is 4.42 Å². The van der Waals surface area contributed by atoms with E-state index in [-0.39, 0.29) is 23.3 Å². The number of rotatable bonds is 4. The number of benzene rings is 1. The molecule has 1 aromatic heterocycles. The number of hydrogen-bond donors (Lipinski definition) is 1. The lowest BCUT2D eigenvalue weighted by molar-refractivity contribution is -0.118. The van der Waals surface area contributed by atoms with Crippen LogP contribution in [0.15, 0.2) is 50.8 Å². The first-order chi connectivity index (χ1) is 11.4. The summed E-state index contributed by atoms with van der Waals surface area (Å²) >= 11 is 1.55. The molecule has 2 heterocycles. The van der Waals surface area contributed by atoms with E-state index < -0.39 is 10.0 Å². The molecule has 0 saturated heterocycles. The van der Waals surface area contributed by atoms with E-state index in [0.29, 0.717) is 17.2 Å². The highest BCUT2D eigenvalue weighted by atomic mass is 32.2. The number of furan rings is 1. The molecule has 1 atom stereocenters. The minimum absolute atomic E-state index is 0.0975. The van der Waals surface area contributed by atoms with Crippen LogP contribution in [0.2, 0.25) is 0 Å². The minimum atomic E-state index is -3.68. The van der Waals surface area contributed by atoms with Gasteiger partial charge in [-0.1, -0.05) is 6.92 Å². The Hall–Kier alpha value is -1.77. The lowest BCUT2D eigenvalue weighted by atomic mass is 10.2. The van der Waals surface area contributed by atoms with Gasteiger partial charge >= 0.3 is 0 Å². The van der Waals surface area contributed by atoms with E-state index in [9.17, 15) is 13.2 Å². The normalized spacial score (nSPS) is 18.1. The molecular formula is C16H18N2O4S2. The number of thioether (sulfide) groups is 1. The standard InChI is InChI=1S/C16H18N2O4S2/c1-11-10-23-15-6-5-13(8-14(15)17-16(11)19)24(20,21)18(2)9-12-4-3-7-22-12/h3-8,11H,9-10H2,1-2H3,(H,17,19). The van der Waals surface area contributed by atoms with Gasteiger partial charge in [-0.25, -0.2) is 8.42 Å². The summed E-state index contributed by atoms with van der Waals surface area (Å²) in [5, 5.41) is 2.81. The summed E-state index contributed by atoms with van der Waals surface area (Å²) in [7, 11) is -2.18. The fourth-order valence-corrected chi connectivity index (χ4v) is 4.50. The third-order valence-electron chi connectivity index (χ3n) is 3.81. The maximum absolute atomic E-state index is 12.7. The van der Waals surface area contributed by atoms with Crippen molar-refractivity contribution in [3.63, 3.8) is 0 Å². The van der Waals surface area contributed by atoms with Crippen molar-refractivity contribution in [2.45, 2.75) is 23.3 Å². The van der Waals surface area contributed by atoms with E-state index in [1.165, 1.54) is 23.7 Å². The van der Waals surface area contributed by atoms with Crippen molar-refractivity contribution in [2.75, 3.05) is 18.1 Å². The Balaban J connectivity index is 1.89. The highest BCUT2D eigenvalue weighted by molar-refractivity contribution is 7.99. The SMILES string of the molecule is CC1CSc2ccc(S(=O)(=O)N(C)Cc3ccco3)cc2NC1=O. The maximum Gasteiger partial charge on any atom is 0.243 e. The molecule has 0 spiro atoms. The van der Waals surface area contributed by atoms with Crippen LogP contribution in [-0.4, -0.2) is 31.4 Å². The van der Waals surface area contributed by atoms with Gasteiger partial charge in [-0.15, -0.1) is 11.8 Å². The van der Waals surface area contributed by atoms with Gasteiger partial charge < -0.3 is 9.73 Å². The summed E-state index contributed by atoms with van der Waals surface area (Å²) in [4.78, 5) is 13.0. The zero-order valence-corrected chi connectivity index (χ0v) is 15.0. The van der Waals surface area contributed by atoms with Gasteiger partial charge in [-0.2, -0.15) is 4.31 Å². The molecule has 6 nitrogen and oxygen atoms in total. The molecule has 1 aromatic carbocycles. The van der Waals surface area contributed by atoms with Gasteiger partial charge in [-0.05, 0) is 30.3 Å². The van der Waals surface area contributed by atoms with Crippen molar-refractivity contribution in [1.29, 1.82) is 0 Å². The van der Waals surface area contributed by atoms with Gasteiger partial charge in [0.25, 0.3) is 0 Å². The molecule has 1 aliphatic rings. The number of carbonyl (C=O) groups is 1. The molecule has 1 unspecified atom stereocenters. The smallest absolute Gasteiger partial charge is 0.243 e. The number of carbonyl (C=O) groups excluding carboxylic acids is 1. The lowest BCUT2D eigenvalue weighted by Crippen LogP contribution is -2.26. The zero-order valence-electron chi connectivity index (χ0n) is 13.4. The third-order valence-corrected chi connectivity index (χ3v) is 6.95. The number of anilines is 1.